The number of nitrogens with zero attached hydrogens (tertiary/aromatic N) is 1. The van der Waals surface area contributed by atoms with Crippen molar-refractivity contribution >= 4 is 40.9 Å². The molecule has 0 fully saturated rings. The van der Waals surface area contributed by atoms with Gasteiger partial charge in [0.1, 0.15) is 23.2 Å². The molecule has 28 heavy (non-hydrogen) atoms. The number of hydrogen-bond donors (Lipinski definition) is 1. The number of rotatable bonds is 4. The fraction of sp³-hybridized carbons (Fsp3) is 0.0909. The lowest BCUT2D eigenvalue weighted by atomic mass is 10.1. The Labute approximate surface area is 173 Å². The van der Waals surface area contributed by atoms with Crippen molar-refractivity contribution in [1.82, 2.24) is 0 Å². The average molecular weight is 411 g/mol. The molecular formula is C22H16Cl2N2O2. The maximum atomic E-state index is 12.5. The van der Waals surface area contributed by atoms with Crippen LogP contribution in [0.1, 0.15) is 16.9 Å². The maximum absolute atomic E-state index is 12.5. The molecule has 0 unspecified atom stereocenters. The summed E-state index contributed by atoms with van der Waals surface area (Å²) >= 11 is 12.0. The molecule has 0 aliphatic heterocycles. The number of nitriles is 1. The Morgan fingerprint density at radius 1 is 1.07 bits per heavy atom. The number of carbonyl (C=O) groups excluding carboxylic acids is 1. The van der Waals surface area contributed by atoms with Gasteiger partial charge in [0.05, 0.1) is 10.0 Å². The largest absolute Gasteiger partial charge is 0.457 e. The fourth-order valence-corrected chi connectivity index (χ4v) is 2.88. The molecule has 0 spiro atoms. The number of carbonyl (C=O) groups is 1. The summed E-state index contributed by atoms with van der Waals surface area (Å²) < 4.78 is 5.73. The summed E-state index contributed by atoms with van der Waals surface area (Å²) in [6.07, 6.45) is 1.40. The lowest BCUT2D eigenvalue weighted by molar-refractivity contribution is -0.112. The lowest BCUT2D eigenvalue weighted by Gasteiger charge is -2.08. The van der Waals surface area contributed by atoms with E-state index in [1.165, 1.54) is 6.08 Å². The molecular weight excluding hydrogens is 395 g/mol. The first-order chi connectivity index (χ1) is 13.4. The van der Waals surface area contributed by atoms with E-state index in [2.05, 4.69) is 5.32 Å². The molecule has 2 aromatic carbocycles. The van der Waals surface area contributed by atoms with Gasteiger partial charge in [0.25, 0.3) is 5.91 Å². The van der Waals surface area contributed by atoms with E-state index in [4.69, 9.17) is 27.6 Å². The number of anilines is 1. The minimum Gasteiger partial charge on any atom is -0.457 e. The van der Waals surface area contributed by atoms with Crippen LogP contribution in [-0.4, -0.2) is 5.91 Å². The van der Waals surface area contributed by atoms with Crippen molar-refractivity contribution in [2.45, 2.75) is 13.8 Å². The topological polar surface area (TPSA) is 66.0 Å². The van der Waals surface area contributed by atoms with Gasteiger partial charge in [-0.25, -0.2) is 0 Å². The molecule has 0 radical (unpaired) electrons. The highest BCUT2D eigenvalue weighted by Crippen LogP contribution is 2.30. The first kappa shape index (κ1) is 19.8. The predicted molar refractivity (Wildman–Crippen MR) is 112 cm³/mol. The second-order valence-corrected chi connectivity index (χ2v) is 7.09. The lowest BCUT2D eigenvalue weighted by Crippen LogP contribution is -2.14. The zero-order valence-electron chi connectivity index (χ0n) is 15.2. The minimum atomic E-state index is -0.497. The Morgan fingerprint density at radius 3 is 2.57 bits per heavy atom. The molecule has 0 saturated heterocycles. The van der Waals surface area contributed by atoms with Gasteiger partial charge in [-0.2, -0.15) is 5.26 Å². The van der Waals surface area contributed by atoms with Crippen molar-refractivity contribution in [1.29, 1.82) is 5.26 Å². The van der Waals surface area contributed by atoms with E-state index < -0.39 is 5.91 Å². The predicted octanol–water partition coefficient (Wildman–Crippen LogP) is 6.42. The molecule has 3 aromatic rings. The Bertz CT molecular complexity index is 1120. The summed E-state index contributed by atoms with van der Waals surface area (Å²) in [5.74, 6) is 0.439. The highest BCUT2D eigenvalue weighted by atomic mass is 35.5. The standard InChI is InChI=1S/C22H16Cl2N2O2/c1-13-3-4-14(2)20(9-13)26-22(27)16(12-25)10-17-6-8-21(28-17)15-5-7-18(23)19(24)11-15/h3-11H,1-2H3,(H,26,27)/b16-10+. The molecule has 0 aliphatic rings. The summed E-state index contributed by atoms with van der Waals surface area (Å²) in [5.41, 5.74) is 3.28. The van der Waals surface area contributed by atoms with Crippen LogP contribution in [0, 0.1) is 25.2 Å². The van der Waals surface area contributed by atoms with Crippen LogP contribution < -0.4 is 5.32 Å². The van der Waals surface area contributed by atoms with Crippen LogP contribution in [0.2, 0.25) is 10.0 Å². The Hall–Kier alpha value is -3.00. The van der Waals surface area contributed by atoms with Gasteiger partial charge in [0, 0.05) is 17.3 Å². The fourth-order valence-electron chi connectivity index (χ4n) is 2.59. The van der Waals surface area contributed by atoms with Crippen LogP contribution in [-0.2, 0) is 4.79 Å². The smallest absolute Gasteiger partial charge is 0.266 e. The minimum absolute atomic E-state index is 0.0593. The highest BCUT2D eigenvalue weighted by molar-refractivity contribution is 6.42. The number of furan rings is 1. The third-order valence-electron chi connectivity index (χ3n) is 4.12. The summed E-state index contributed by atoms with van der Waals surface area (Å²) in [6, 6.07) is 16.2. The number of benzene rings is 2. The summed E-state index contributed by atoms with van der Waals surface area (Å²) in [4.78, 5) is 12.5. The van der Waals surface area contributed by atoms with E-state index in [0.29, 0.717) is 27.3 Å². The first-order valence-corrected chi connectivity index (χ1v) is 9.18. The zero-order valence-corrected chi connectivity index (χ0v) is 16.7. The molecule has 1 aromatic heterocycles. The van der Waals surface area contributed by atoms with Crippen LogP contribution in [0.15, 0.2) is 58.5 Å². The van der Waals surface area contributed by atoms with Crippen molar-refractivity contribution in [3.05, 3.63) is 81.0 Å². The molecule has 4 nitrogen and oxygen atoms in total. The molecule has 1 amide bonds. The molecule has 0 bridgehead atoms. The van der Waals surface area contributed by atoms with E-state index in [-0.39, 0.29) is 5.57 Å². The van der Waals surface area contributed by atoms with Gasteiger partial charge < -0.3 is 9.73 Å². The van der Waals surface area contributed by atoms with Crippen LogP contribution in [0.25, 0.3) is 17.4 Å². The van der Waals surface area contributed by atoms with Gasteiger partial charge in [-0.1, -0.05) is 35.3 Å². The van der Waals surface area contributed by atoms with Crippen LogP contribution in [0.3, 0.4) is 0 Å². The van der Waals surface area contributed by atoms with Crippen LogP contribution in [0.4, 0.5) is 5.69 Å². The zero-order chi connectivity index (χ0) is 20.3. The number of nitrogens with one attached hydrogen (secondary N) is 1. The van der Waals surface area contributed by atoms with E-state index in [9.17, 15) is 10.1 Å². The molecule has 0 aliphatic carbocycles. The molecule has 1 N–H and O–H groups in total. The van der Waals surface area contributed by atoms with E-state index in [0.717, 1.165) is 16.7 Å². The second kappa shape index (κ2) is 8.35. The maximum Gasteiger partial charge on any atom is 0.266 e. The third-order valence-corrected chi connectivity index (χ3v) is 4.86. The first-order valence-electron chi connectivity index (χ1n) is 8.43. The van der Waals surface area contributed by atoms with Crippen molar-refractivity contribution in [3.8, 4) is 17.4 Å². The normalized spacial score (nSPS) is 11.2. The second-order valence-electron chi connectivity index (χ2n) is 6.27. The van der Waals surface area contributed by atoms with Crippen molar-refractivity contribution in [3.63, 3.8) is 0 Å². The van der Waals surface area contributed by atoms with Gasteiger partial charge in [-0.3, -0.25) is 4.79 Å². The molecule has 3 rings (SSSR count). The SMILES string of the molecule is Cc1ccc(C)c(NC(=O)/C(C#N)=C/c2ccc(-c3ccc(Cl)c(Cl)c3)o2)c1. The Morgan fingerprint density at radius 2 is 1.86 bits per heavy atom. The monoisotopic (exact) mass is 410 g/mol. The van der Waals surface area contributed by atoms with Crippen LogP contribution in [0.5, 0.6) is 0 Å². The highest BCUT2D eigenvalue weighted by Gasteiger charge is 2.13. The number of hydrogen-bond acceptors (Lipinski definition) is 3. The number of halogens is 2. The quantitative estimate of drug-likeness (QED) is 0.398. The average Bonchev–Trinajstić information content (AvgIpc) is 3.13. The van der Waals surface area contributed by atoms with Gasteiger partial charge in [0.2, 0.25) is 0 Å². The third kappa shape index (κ3) is 4.45. The van der Waals surface area contributed by atoms with E-state index in [1.807, 2.05) is 38.1 Å². The van der Waals surface area contributed by atoms with Crippen LogP contribution >= 0.6 is 23.2 Å². The molecule has 6 heteroatoms. The van der Waals surface area contributed by atoms with Crippen molar-refractivity contribution < 1.29 is 9.21 Å². The molecule has 1 heterocycles. The van der Waals surface area contributed by atoms with Crippen molar-refractivity contribution in [2.75, 3.05) is 5.32 Å². The van der Waals surface area contributed by atoms with Gasteiger partial charge in [0.15, 0.2) is 0 Å². The number of aryl methyl sites for hydroxylation is 2. The Kier molecular flexibility index (Phi) is 5.89. The summed E-state index contributed by atoms with van der Waals surface area (Å²) in [6.45, 7) is 3.82. The van der Waals surface area contributed by atoms with Crippen molar-refractivity contribution in [2.24, 2.45) is 0 Å². The van der Waals surface area contributed by atoms with Gasteiger partial charge in [-0.15, -0.1) is 0 Å². The molecule has 140 valence electrons. The van der Waals surface area contributed by atoms with E-state index in [1.54, 1.807) is 30.3 Å². The summed E-state index contributed by atoms with van der Waals surface area (Å²) in [5, 5.41) is 13.0. The molecule has 0 atom stereocenters. The van der Waals surface area contributed by atoms with E-state index >= 15 is 0 Å². The van der Waals surface area contributed by atoms with Gasteiger partial charge in [-0.05, 0) is 61.4 Å². The molecule has 0 saturated carbocycles. The Balaban J connectivity index is 1.84. The number of amides is 1. The summed E-state index contributed by atoms with van der Waals surface area (Å²) in [7, 11) is 0. The van der Waals surface area contributed by atoms with Gasteiger partial charge >= 0.3 is 0 Å².